The van der Waals surface area contributed by atoms with E-state index in [2.05, 4.69) is 30.4 Å². The van der Waals surface area contributed by atoms with Gasteiger partial charge in [0.1, 0.15) is 24.2 Å². The van der Waals surface area contributed by atoms with Crippen molar-refractivity contribution in [3.8, 4) is 5.95 Å². The number of aromatic nitrogens is 6. The molecule has 0 amide bonds. The summed E-state index contributed by atoms with van der Waals surface area (Å²) in [4.78, 5) is 16.2. The Morgan fingerprint density at radius 2 is 2.14 bits per heavy atom. The van der Waals surface area contributed by atoms with E-state index in [1.807, 2.05) is 26.0 Å². The average molecular weight is 286 g/mol. The summed E-state index contributed by atoms with van der Waals surface area (Å²) in [6, 6.07) is 3.69. The third-order valence-electron chi connectivity index (χ3n) is 2.80. The minimum absolute atomic E-state index is 0.0980. The molecule has 1 atom stereocenters. The van der Waals surface area contributed by atoms with Crippen molar-refractivity contribution < 1.29 is 4.42 Å². The fourth-order valence-electron chi connectivity index (χ4n) is 1.81. The molecular weight excluding hydrogens is 272 g/mol. The van der Waals surface area contributed by atoms with Crippen molar-refractivity contribution in [3.63, 3.8) is 0 Å². The van der Waals surface area contributed by atoms with Crippen molar-refractivity contribution in [2.24, 2.45) is 0 Å². The second-order valence-electron chi connectivity index (χ2n) is 4.47. The van der Waals surface area contributed by atoms with Gasteiger partial charge in [-0.2, -0.15) is 24.7 Å². The van der Waals surface area contributed by atoms with Gasteiger partial charge in [-0.15, -0.1) is 0 Å². The summed E-state index contributed by atoms with van der Waals surface area (Å²) in [5, 5.41) is 7.08. The van der Waals surface area contributed by atoms with Crippen LogP contribution in [0.3, 0.4) is 0 Å². The Morgan fingerprint density at radius 1 is 1.29 bits per heavy atom. The molecule has 21 heavy (non-hydrogen) atoms. The predicted octanol–water partition coefficient (Wildman–Crippen LogP) is 1.11. The van der Waals surface area contributed by atoms with Gasteiger partial charge in [-0.05, 0) is 26.0 Å². The molecule has 3 heterocycles. The predicted molar refractivity (Wildman–Crippen MR) is 74.6 cm³/mol. The number of nitrogens with zero attached hydrogens (tertiary/aromatic N) is 6. The van der Waals surface area contributed by atoms with E-state index in [1.165, 1.54) is 17.3 Å². The van der Waals surface area contributed by atoms with Gasteiger partial charge in [-0.3, -0.25) is 0 Å². The summed E-state index contributed by atoms with van der Waals surface area (Å²) in [7, 11) is 0. The largest absolute Gasteiger partial charge is 0.464 e. The van der Waals surface area contributed by atoms with Crippen LogP contribution in [0.5, 0.6) is 0 Å². The molecule has 0 aliphatic rings. The first-order chi connectivity index (χ1) is 10.1. The number of hydrogen-bond acceptors (Lipinski definition) is 8. The van der Waals surface area contributed by atoms with Gasteiger partial charge >= 0.3 is 0 Å². The zero-order valence-electron chi connectivity index (χ0n) is 11.6. The van der Waals surface area contributed by atoms with Gasteiger partial charge < -0.3 is 15.5 Å². The van der Waals surface area contributed by atoms with Gasteiger partial charge in [0.25, 0.3) is 5.95 Å². The first-order valence-corrected chi connectivity index (χ1v) is 6.31. The van der Waals surface area contributed by atoms with E-state index in [9.17, 15) is 0 Å². The van der Waals surface area contributed by atoms with E-state index in [0.717, 1.165) is 11.5 Å². The van der Waals surface area contributed by atoms with Gasteiger partial charge in [0.2, 0.25) is 11.9 Å². The maximum absolute atomic E-state index is 5.70. The zero-order chi connectivity index (χ0) is 14.8. The highest BCUT2D eigenvalue weighted by atomic mass is 16.3. The van der Waals surface area contributed by atoms with Crippen molar-refractivity contribution >= 4 is 11.9 Å². The molecule has 3 N–H and O–H groups in total. The molecule has 0 aromatic carbocycles. The normalized spacial score (nSPS) is 12.3. The van der Waals surface area contributed by atoms with Crippen molar-refractivity contribution in [3.05, 3.63) is 36.3 Å². The Labute approximate surface area is 120 Å². The second kappa shape index (κ2) is 5.19. The summed E-state index contributed by atoms with van der Waals surface area (Å²) < 4.78 is 6.97. The monoisotopic (exact) mass is 286 g/mol. The molecule has 108 valence electrons. The lowest BCUT2D eigenvalue weighted by Crippen LogP contribution is -2.13. The minimum atomic E-state index is -0.107. The van der Waals surface area contributed by atoms with Gasteiger partial charge in [0.05, 0.1) is 6.04 Å². The first kappa shape index (κ1) is 13.0. The SMILES string of the molecule is Cc1ccc(C(C)Nc2nc(N)nc(-n3cncn3)n2)o1. The van der Waals surface area contributed by atoms with Gasteiger partial charge in [0.15, 0.2) is 0 Å². The van der Waals surface area contributed by atoms with Crippen LogP contribution >= 0.6 is 0 Å². The Bertz CT molecular complexity index is 736. The molecule has 0 radical (unpaired) electrons. The topological polar surface area (TPSA) is 121 Å². The van der Waals surface area contributed by atoms with E-state index in [-0.39, 0.29) is 12.0 Å². The number of rotatable bonds is 4. The maximum atomic E-state index is 5.70. The molecule has 3 rings (SSSR count). The zero-order valence-corrected chi connectivity index (χ0v) is 11.6. The van der Waals surface area contributed by atoms with E-state index >= 15 is 0 Å². The van der Waals surface area contributed by atoms with Crippen LogP contribution in [-0.4, -0.2) is 29.7 Å². The molecule has 0 saturated heterocycles. The Kier molecular flexibility index (Phi) is 3.22. The van der Waals surface area contributed by atoms with Crippen LogP contribution in [0.4, 0.5) is 11.9 Å². The minimum Gasteiger partial charge on any atom is -0.464 e. The number of nitrogen functional groups attached to an aromatic ring is 1. The van der Waals surface area contributed by atoms with E-state index in [0.29, 0.717) is 11.9 Å². The average Bonchev–Trinajstić information content (AvgIpc) is 3.08. The number of nitrogens with two attached hydrogens (primary N) is 1. The lowest BCUT2D eigenvalue weighted by Gasteiger charge is -2.12. The summed E-state index contributed by atoms with van der Waals surface area (Å²) in [6.45, 7) is 3.83. The molecule has 3 aromatic rings. The molecule has 0 saturated carbocycles. The van der Waals surface area contributed by atoms with Crippen LogP contribution in [0.1, 0.15) is 24.5 Å². The highest BCUT2D eigenvalue weighted by Crippen LogP contribution is 2.19. The summed E-state index contributed by atoms with van der Waals surface area (Å²) >= 11 is 0. The summed E-state index contributed by atoms with van der Waals surface area (Å²) in [5.41, 5.74) is 5.70. The molecular formula is C12H14N8O. The fourth-order valence-corrected chi connectivity index (χ4v) is 1.81. The van der Waals surface area contributed by atoms with Crippen LogP contribution in [0.15, 0.2) is 29.2 Å². The first-order valence-electron chi connectivity index (χ1n) is 6.31. The van der Waals surface area contributed by atoms with Crippen molar-refractivity contribution in [2.75, 3.05) is 11.1 Å². The van der Waals surface area contributed by atoms with Crippen LogP contribution in [-0.2, 0) is 0 Å². The van der Waals surface area contributed by atoms with E-state index < -0.39 is 0 Å². The number of anilines is 2. The summed E-state index contributed by atoms with van der Waals surface area (Å²) in [5.74, 6) is 2.37. The Balaban J connectivity index is 1.85. The number of furan rings is 1. The van der Waals surface area contributed by atoms with Gasteiger partial charge in [0, 0.05) is 0 Å². The molecule has 9 nitrogen and oxygen atoms in total. The molecule has 9 heteroatoms. The lowest BCUT2D eigenvalue weighted by atomic mass is 10.2. The van der Waals surface area contributed by atoms with Gasteiger partial charge in [-0.1, -0.05) is 0 Å². The van der Waals surface area contributed by atoms with Crippen molar-refractivity contribution in [1.82, 2.24) is 29.7 Å². The number of hydrogen-bond donors (Lipinski definition) is 2. The lowest BCUT2D eigenvalue weighted by molar-refractivity contribution is 0.466. The standard InChI is InChI=1S/C12H14N8O/c1-7-3-4-9(21-7)8(2)16-11-17-10(13)18-12(19-11)20-6-14-5-15-20/h3-6,8H,1-2H3,(H3,13,16,17,18,19). The highest BCUT2D eigenvalue weighted by Gasteiger charge is 2.13. The quantitative estimate of drug-likeness (QED) is 0.731. The molecule has 1 unspecified atom stereocenters. The van der Waals surface area contributed by atoms with Gasteiger partial charge in [-0.25, -0.2) is 4.98 Å². The van der Waals surface area contributed by atoms with Crippen molar-refractivity contribution in [1.29, 1.82) is 0 Å². The molecule has 0 bridgehead atoms. The van der Waals surface area contributed by atoms with Crippen LogP contribution in [0, 0.1) is 6.92 Å². The maximum Gasteiger partial charge on any atom is 0.258 e. The molecule has 0 spiro atoms. The van der Waals surface area contributed by atoms with E-state index in [4.69, 9.17) is 10.2 Å². The van der Waals surface area contributed by atoms with Crippen LogP contribution < -0.4 is 11.1 Å². The number of nitrogens with one attached hydrogen (secondary N) is 1. The van der Waals surface area contributed by atoms with E-state index in [1.54, 1.807) is 0 Å². The molecule has 0 aliphatic carbocycles. The third kappa shape index (κ3) is 2.81. The molecule has 0 aliphatic heterocycles. The second-order valence-corrected chi connectivity index (χ2v) is 4.47. The Hall–Kier alpha value is -2.97. The smallest absolute Gasteiger partial charge is 0.258 e. The molecule has 0 fully saturated rings. The highest BCUT2D eigenvalue weighted by molar-refractivity contribution is 5.36. The van der Waals surface area contributed by atoms with Crippen LogP contribution in [0.2, 0.25) is 0 Å². The Morgan fingerprint density at radius 3 is 2.81 bits per heavy atom. The third-order valence-corrected chi connectivity index (χ3v) is 2.80. The fraction of sp³-hybridized carbons (Fsp3) is 0.250. The van der Waals surface area contributed by atoms with Crippen molar-refractivity contribution in [2.45, 2.75) is 19.9 Å². The number of aryl methyl sites for hydroxylation is 1. The summed E-state index contributed by atoms with van der Waals surface area (Å²) in [6.07, 6.45) is 2.87. The van der Waals surface area contributed by atoms with Crippen LogP contribution in [0.25, 0.3) is 5.95 Å². The molecule has 3 aromatic heterocycles.